The average Bonchev–Trinajstić information content (AvgIpc) is 3.69. The van der Waals surface area contributed by atoms with Crippen molar-refractivity contribution in [1.82, 2.24) is 5.32 Å². The van der Waals surface area contributed by atoms with Gasteiger partial charge in [-0.1, -0.05) is 244 Å². The van der Waals surface area contributed by atoms with Gasteiger partial charge in [-0.05, 0) is 96.3 Å². The zero-order valence-electron chi connectivity index (χ0n) is 52.3. The fourth-order valence-electron chi connectivity index (χ4n) is 9.84. The van der Waals surface area contributed by atoms with Crippen LogP contribution in [-0.2, 0) is 23.7 Å². The van der Waals surface area contributed by atoms with Crippen LogP contribution in [0.3, 0.4) is 0 Å². The molecule has 0 aliphatic carbocycles. The molecule has 0 spiro atoms. The van der Waals surface area contributed by atoms with Crippen LogP contribution >= 0.6 is 0 Å². The van der Waals surface area contributed by atoms with Gasteiger partial charge in [-0.2, -0.15) is 0 Å². The van der Waals surface area contributed by atoms with Crippen molar-refractivity contribution in [2.75, 3.05) is 19.8 Å². The maximum atomic E-state index is 13.3. The van der Waals surface area contributed by atoms with E-state index in [9.17, 15) is 45.6 Å². The number of hydrogen-bond donors (Lipinski definition) is 9. The predicted octanol–water partition coefficient (Wildman–Crippen LogP) is 12.7. The number of rotatable bonds is 51. The second-order valence-corrected chi connectivity index (χ2v) is 22.5. The van der Waals surface area contributed by atoms with E-state index in [1.807, 2.05) is 12.2 Å². The van der Waals surface area contributed by atoms with Gasteiger partial charge in [0.25, 0.3) is 0 Å². The Morgan fingerprint density at radius 1 is 0.435 bits per heavy atom. The number of amides is 1. The molecule has 12 unspecified atom stereocenters. The van der Waals surface area contributed by atoms with Crippen molar-refractivity contribution in [3.63, 3.8) is 0 Å². The van der Waals surface area contributed by atoms with Gasteiger partial charge in [0.2, 0.25) is 5.91 Å². The molecule has 0 aromatic rings. The molecular formula is C71H117NO13. The van der Waals surface area contributed by atoms with Crippen LogP contribution in [-0.4, -0.2) is 140 Å². The predicted molar refractivity (Wildman–Crippen MR) is 345 cm³/mol. The lowest BCUT2D eigenvalue weighted by atomic mass is 9.97. The number of carbonyl (C=O) groups is 1. The molecule has 1 amide bonds. The lowest BCUT2D eigenvalue weighted by Crippen LogP contribution is -2.65. The van der Waals surface area contributed by atoms with Gasteiger partial charge in [0, 0.05) is 6.42 Å². The average molecular weight is 1190 g/mol. The molecule has 0 aromatic heterocycles. The number of carbonyl (C=O) groups excluding carboxylic acids is 1. The normalized spacial score (nSPS) is 24.4. The fraction of sp³-hybridized carbons (Fsp3) is 0.676. The van der Waals surface area contributed by atoms with Crippen molar-refractivity contribution < 1.29 is 64.6 Å². The summed E-state index contributed by atoms with van der Waals surface area (Å²) in [5.41, 5.74) is 0. The van der Waals surface area contributed by atoms with E-state index in [0.717, 1.165) is 70.6 Å². The molecule has 2 saturated heterocycles. The zero-order valence-corrected chi connectivity index (χ0v) is 52.3. The van der Waals surface area contributed by atoms with E-state index in [1.165, 1.54) is 103 Å². The maximum absolute atomic E-state index is 13.3. The summed E-state index contributed by atoms with van der Waals surface area (Å²) >= 11 is 0. The first-order chi connectivity index (χ1) is 41.6. The highest BCUT2D eigenvalue weighted by Crippen LogP contribution is 2.30. The number of nitrogens with one attached hydrogen (secondary N) is 1. The molecule has 2 aliphatic rings. The van der Waals surface area contributed by atoms with Crippen molar-refractivity contribution >= 4 is 5.91 Å². The molecule has 0 aromatic carbocycles. The van der Waals surface area contributed by atoms with E-state index in [1.54, 1.807) is 6.08 Å². The third-order valence-corrected chi connectivity index (χ3v) is 15.1. The van der Waals surface area contributed by atoms with Crippen LogP contribution in [0.15, 0.2) is 134 Å². The molecule has 0 bridgehead atoms. The molecule has 484 valence electrons. The van der Waals surface area contributed by atoms with Crippen molar-refractivity contribution in [2.45, 2.75) is 286 Å². The Morgan fingerprint density at radius 3 is 1.29 bits per heavy atom. The highest BCUT2D eigenvalue weighted by Gasteiger charge is 2.51. The topological polar surface area (TPSA) is 228 Å². The van der Waals surface area contributed by atoms with Gasteiger partial charge in [-0.15, -0.1) is 0 Å². The molecule has 12 atom stereocenters. The summed E-state index contributed by atoms with van der Waals surface area (Å²) in [6.07, 6.45) is 63.6. The minimum atomic E-state index is -1.80. The molecule has 9 N–H and O–H groups in total. The van der Waals surface area contributed by atoms with Crippen molar-refractivity contribution in [2.24, 2.45) is 0 Å². The Morgan fingerprint density at radius 2 is 0.824 bits per heavy atom. The molecule has 14 nitrogen and oxygen atoms in total. The molecule has 14 heteroatoms. The van der Waals surface area contributed by atoms with Crippen LogP contribution in [0.4, 0.5) is 0 Å². The van der Waals surface area contributed by atoms with E-state index >= 15 is 0 Å². The van der Waals surface area contributed by atoms with Crippen LogP contribution in [0, 0.1) is 0 Å². The smallest absolute Gasteiger partial charge is 0.220 e. The van der Waals surface area contributed by atoms with Gasteiger partial charge in [-0.3, -0.25) is 4.79 Å². The number of aliphatic hydroxyl groups excluding tert-OH is 8. The van der Waals surface area contributed by atoms with Gasteiger partial charge in [0.1, 0.15) is 48.8 Å². The van der Waals surface area contributed by atoms with Gasteiger partial charge in [-0.25, -0.2) is 0 Å². The Hall–Kier alpha value is -3.87. The monoisotopic (exact) mass is 1190 g/mol. The molecule has 0 saturated carbocycles. The molecule has 2 heterocycles. The molecule has 2 aliphatic heterocycles. The SMILES string of the molecule is CC/C=C\C/C=C\C/C=C\C/C=C\C/C=C\C/C=C\C/C=C\C/C=C\C/C=C\CCCC(=O)NC(COC1OC(CO)C(OC2OC(CO)C(O)C(O)C2O)C(O)C1O)C(O)/C=C/CC/C=C/CCCCCCCCCCCCCCCCCC. The number of ether oxygens (including phenoxy) is 4. The number of unbranched alkanes of at least 4 members (excludes halogenated alkanes) is 18. The van der Waals surface area contributed by atoms with Crippen LogP contribution < -0.4 is 5.32 Å². The quantitative estimate of drug-likeness (QED) is 0.0204. The molecule has 0 radical (unpaired) electrons. The third kappa shape index (κ3) is 38.9. The van der Waals surface area contributed by atoms with E-state index in [0.29, 0.717) is 19.3 Å². The molecule has 2 fully saturated rings. The summed E-state index contributed by atoms with van der Waals surface area (Å²) < 4.78 is 22.8. The molecule has 2 rings (SSSR count). The van der Waals surface area contributed by atoms with Gasteiger partial charge in [0.05, 0.1) is 32.0 Å². The summed E-state index contributed by atoms with van der Waals surface area (Å²) in [5, 5.41) is 87.2. The first kappa shape index (κ1) is 77.2. The first-order valence-electron chi connectivity index (χ1n) is 32.9. The fourth-order valence-corrected chi connectivity index (χ4v) is 9.84. The van der Waals surface area contributed by atoms with Crippen LogP contribution in [0.2, 0.25) is 0 Å². The first-order valence-corrected chi connectivity index (χ1v) is 32.9. The minimum absolute atomic E-state index is 0.184. The highest BCUT2D eigenvalue weighted by molar-refractivity contribution is 5.76. The minimum Gasteiger partial charge on any atom is -0.394 e. The van der Waals surface area contributed by atoms with E-state index < -0.39 is 86.8 Å². The number of allylic oxidation sites excluding steroid dienone is 21. The van der Waals surface area contributed by atoms with E-state index in [2.05, 4.69) is 135 Å². The Labute approximate surface area is 513 Å². The van der Waals surface area contributed by atoms with E-state index in [-0.39, 0.29) is 18.9 Å². The van der Waals surface area contributed by atoms with Crippen molar-refractivity contribution in [3.8, 4) is 0 Å². The van der Waals surface area contributed by atoms with Crippen molar-refractivity contribution in [3.05, 3.63) is 134 Å². The second-order valence-electron chi connectivity index (χ2n) is 22.5. The number of hydrogen-bond acceptors (Lipinski definition) is 13. The van der Waals surface area contributed by atoms with Crippen LogP contribution in [0.25, 0.3) is 0 Å². The molecule has 85 heavy (non-hydrogen) atoms. The summed E-state index contributed by atoms with van der Waals surface area (Å²) in [5.74, 6) is -0.312. The zero-order chi connectivity index (χ0) is 61.6. The van der Waals surface area contributed by atoms with Crippen molar-refractivity contribution in [1.29, 1.82) is 0 Å². The Balaban J connectivity index is 1.78. The Kier molecular flexibility index (Phi) is 49.3. The summed E-state index contributed by atoms with van der Waals surface area (Å²) in [6.45, 7) is 2.63. The number of aliphatic hydroxyl groups is 8. The van der Waals surface area contributed by atoms with Gasteiger partial charge >= 0.3 is 0 Å². The maximum Gasteiger partial charge on any atom is 0.220 e. The highest BCUT2D eigenvalue weighted by atomic mass is 16.7. The largest absolute Gasteiger partial charge is 0.394 e. The molecular weight excluding hydrogens is 1070 g/mol. The lowest BCUT2D eigenvalue weighted by Gasteiger charge is -2.46. The van der Waals surface area contributed by atoms with E-state index in [4.69, 9.17) is 18.9 Å². The van der Waals surface area contributed by atoms with Crippen LogP contribution in [0.5, 0.6) is 0 Å². The summed E-state index contributed by atoms with van der Waals surface area (Å²) in [7, 11) is 0. The summed E-state index contributed by atoms with van der Waals surface area (Å²) in [4.78, 5) is 13.3. The summed E-state index contributed by atoms with van der Waals surface area (Å²) in [6, 6.07) is -0.974. The lowest BCUT2D eigenvalue weighted by molar-refractivity contribution is -0.359. The van der Waals surface area contributed by atoms with Gasteiger partial charge < -0.3 is 65.1 Å². The standard InChI is InChI=1S/C71H117NO13/c1-3-5-7-9-11-13-15-17-19-21-23-25-27-28-29-30-31-32-33-35-37-39-41-43-45-47-49-51-53-55-63(76)72-59(58-82-70-68(81)66(79)69(62(57-74)84-70)85-71-67(80)65(78)64(77)61(56-73)83-71)60(75)54-52-50-48-46-44-42-40-38-36-34-26-24-22-20-18-16-14-12-10-8-6-4-2/h5,7,11,13,17,19,23,25,28-29,31-32,35,37,41,43-44,46-47,49,52,54,59-62,64-71,73-75,77-81H,3-4,6,8-10,12,14-16,18,20-22,24,26-27,30,33-34,36,38-40,42,45,48,50-51,53,55-58H2,1-2H3,(H,72,76)/b7-5-,13-11-,19-17-,25-23-,29-28-,32-31-,37-35-,43-41-,46-44+,49-47-,54-52+. The third-order valence-electron chi connectivity index (χ3n) is 15.1. The van der Waals surface area contributed by atoms with Gasteiger partial charge in [0.15, 0.2) is 12.6 Å². The van der Waals surface area contributed by atoms with Crippen LogP contribution in [0.1, 0.15) is 213 Å². The second kappa shape index (κ2) is 54.3. The Bertz CT molecular complexity index is 1940.